The van der Waals surface area contributed by atoms with Crippen molar-refractivity contribution in [2.75, 3.05) is 34.8 Å². The van der Waals surface area contributed by atoms with Crippen LogP contribution in [0.25, 0.3) is 0 Å². The summed E-state index contributed by atoms with van der Waals surface area (Å²) in [5.41, 5.74) is 2.71. The van der Waals surface area contributed by atoms with Gasteiger partial charge >= 0.3 is 0 Å². The van der Waals surface area contributed by atoms with Crippen LogP contribution in [0, 0.1) is 0 Å². The van der Waals surface area contributed by atoms with E-state index in [4.69, 9.17) is 0 Å². The molecule has 0 spiro atoms. The molecule has 142 valence electrons. The van der Waals surface area contributed by atoms with Gasteiger partial charge in [0.2, 0.25) is 11.8 Å². The molecule has 0 bridgehead atoms. The number of nitrogens with zero attached hydrogens (tertiary/aromatic N) is 2. The SMILES string of the molecule is CCN(C(=O)CC(=O)Nc1ccc(N2CCCCC2)cc1)c1ccccc1. The van der Waals surface area contributed by atoms with Gasteiger partial charge in [-0.15, -0.1) is 0 Å². The van der Waals surface area contributed by atoms with Gasteiger partial charge in [-0.25, -0.2) is 0 Å². The Labute approximate surface area is 161 Å². The fourth-order valence-corrected chi connectivity index (χ4v) is 3.46. The average Bonchev–Trinajstić information content (AvgIpc) is 2.70. The molecule has 1 aliphatic rings. The van der Waals surface area contributed by atoms with E-state index in [1.165, 1.54) is 24.9 Å². The number of carbonyl (C=O) groups excluding carboxylic acids is 2. The van der Waals surface area contributed by atoms with Crippen LogP contribution in [-0.2, 0) is 9.59 Å². The fraction of sp³-hybridized carbons (Fsp3) is 0.364. The van der Waals surface area contributed by atoms with Crippen LogP contribution in [0.4, 0.5) is 17.1 Å². The summed E-state index contributed by atoms with van der Waals surface area (Å²) in [5.74, 6) is -0.494. The topological polar surface area (TPSA) is 52.7 Å². The van der Waals surface area contributed by atoms with Gasteiger partial charge in [-0.3, -0.25) is 9.59 Å². The second-order valence-electron chi connectivity index (χ2n) is 6.79. The first-order chi connectivity index (χ1) is 13.2. The first-order valence-electron chi connectivity index (χ1n) is 9.67. The van der Waals surface area contributed by atoms with Gasteiger partial charge in [0.25, 0.3) is 0 Å². The molecule has 5 heteroatoms. The van der Waals surface area contributed by atoms with Gasteiger partial charge in [0.05, 0.1) is 0 Å². The van der Waals surface area contributed by atoms with Crippen molar-refractivity contribution in [3.63, 3.8) is 0 Å². The predicted molar refractivity (Wildman–Crippen MR) is 110 cm³/mol. The Morgan fingerprint density at radius 2 is 1.63 bits per heavy atom. The summed E-state index contributed by atoms with van der Waals surface area (Å²) in [4.78, 5) is 28.8. The highest BCUT2D eigenvalue weighted by Gasteiger charge is 2.18. The second-order valence-corrected chi connectivity index (χ2v) is 6.79. The minimum Gasteiger partial charge on any atom is -0.372 e. The largest absolute Gasteiger partial charge is 0.372 e. The van der Waals surface area contributed by atoms with Crippen molar-refractivity contribution in [1.29, 1.82) is 0 Å². The summed E-state index contributed by atoms with van der Waals surface area (Å²) in [6, 6.07) is 17.3. The smallest absolute Gasteiger partial charge is 0.236 e. The van der Waals surface area contributed by atoms with Crippen LogP contribution in [-0.4, -0.2) is 31.4 Å². The van der Waals surface area contributed by atoms with Crippen LogP contribution < -0.4 is 15.1 Å². The van der Waals surface area contributed by atoms with E-state index in [2.05, 4.69) is 10.2 Å². The maximum absolute atomic E-state index is 12.5. The molecule has 27 heavy (non-hydrogen) atoms. The van der Waals surface area contributed by atoms with E-state index < -0.39 is 0 Å². The first-order valence-corrected chi connectivity index (χ1v) is 9.67. The summed E-state index contributed by atoms with van der Waals surface area (Å²) in [6.45, 7) is 4.61. The van der Waals surface area contributed by atoms with Gasteiger partial charge in [-0.2, -0.15) is 0 Å². The number of para-hydroxylation sites is 1. The van der Waals surface area contributed by atoms with Gasteiger partial charge < -0.3 is 15.1 Å². The van der Waals surface area contributed by atoms with Crippen LogP contribution in [0.1, 0.15) is 32.6 Å². The summed E-state index contributed by atoms with van der Waals surface area (Å²) >= 11 is 0. The van der Waals surface area contributed by atoms with Crippen molar-refractivity contribution in [2.45, 2.75) is 32.6 Å². The van der Waals surface area contributed by atoms with E-state index >= 15 is 0 Å². The van der Waals surface area contributed by atoms with Gasteiger partial charge in [0.1, 0.15) is 6.42 Å². The van der Waals surface area contributed by atoms with Crippen molar-refractivity contribution in [3.8, 4) is 0 Å². The van der Waals surface area contributed by atoms with E-state index in [1.54, 1.807) is 4.90 Å². The lowest BCUT2D eigenvalue weighted by Crippen LogP contribution is -2.33. The van der Waals surface area contributed by atoms with E-state index in [0.717, 1.165) is 24.5 Å². The third kappa shape index (κ3) is 5.09. The van der Waals surface area contributed by atoms with E-state index in [9.17, 15) is 9.59 Å². The summed E-state index contributed by atoms with van der Waals surface area (Å²) in [5, 5.41) is 2.83. The molecule has 0 atom stereocenters. The number of benzene rings is 2. The first kappa shape index (κ1) is 19.0. The number of hydrogen-bond donors (Lipinski definition) is 1. The number of hydrogen-bond acceptors (Lipinski definition) is 3. The molecule has 0 aliphatic carbocycles. The van der Waals surface area contributed by atoms with Gasteiger partial charge in [-0.05, 0) is 62.6 Å². The zero-order valence-electron chi connectivity index (χ0n) is 15.9. The fourth-order valence-electron chi connectivity index (χ4n) is 3.46. The lowest BCUT2D eigenvalue weighted by atomic mass is 10.1. The summed E-state index contributed by atoms with van der Waals surface area (Å²) in [7, 11) is 0. The number of anilines is 3. The van der Waals surface area contributed by atoms with Crippen LogP contribution in [0.3, 0.4) is 0 Å². The molecule has 2 amide bonds. The Morgan fingerprint density at radius 3 is 2.26 bits per heavy atom. The Kier molecular flexibility index (Phi) is 6.47. The third-order valence-electron chi connectivity index (χ3n) is 4.87. The van der Waals surface area contributed by atoms with E-state index in [0.29, 0.717) is 6.54 Å². The van der Waals surface area contributed by atoms with E-state index in [1.807, 2.05) is 61.5 Å². The van der Waals surface area contributed by atoms with E-state index in [-0.39, 0.29) is 18.2 Å². The van der Waals surface area contributed by atoms with Crippen molar-refractivity contribution in [3.05, 3.63) is 54.6 Å². The number of amides is 2. The molecule has 5 nitrogen and oxygen atoms in total. The number of piperidine rings is 1. The van der Waals surface area contributed by atoms with Crippen LogP contribution in [0.2, 0.25) is 0 Å². The Balaban J connectivity index is 1.56. The molecule has 0 aromatic heterocycles. The molecular weight excluding hydrogens is 338 g/mol. The maximum atomic E-state index is 12.5. The highest BCUT2D eigenvalue weighted by atomic mass is 16.2. The second kappa shape index (κ2) is 9.21. The zero-order chi connectivity index (χ0) is 19.1. The molecule has 0 radical (unpaired) electrons. The number of rotatable bonds is 6. The molecule has 0 saturated carbocycles. The zero-order valence-corrected chi connectivity index (χ0v) is 15.9. The summed E-state index contributed by atoms with van der Waals surface area (Å²) in [6.07, 6.45) is 3.60. The quantitative estimate of drug-likeness (QED) is 0.786. The monoisotopic (exact) mass is 365 g/mol. The molecule has 0 unspecified atom stereocenters. The highest BCUT2D eigenvalue weighted by Crippen LogP contribution is 2.22. The highest BCUT2D eigenvalue weighted by molar-refractivity contribution is 6.09. The Hall–Kier alpha value is -2.82. The molecule has 1 aliphatic heterocycles. The average molecular weight is 365 g/mol. The standard InChI is InChI=1S/C22H27N3O2/c1-2-25(20-9-5-3-6-10-20)22(27)17-21(26)23-18-11-13-19(14-12-18)24-15-7-4-8-16-24/h3,5-6,9-14H,2,4,7-8,15-17H2,1H3,(H,23,26). The normalized spacial score (nSPS) is 13.9. The molecule has 1 heterocycles. The Bertz CT molecular complexity index is 753. The molecular formula is C22H27N3O2. The van der Waals surface area contributed by atoms with Crippen LogP contribution in [0.15, 0.2) is 54.6 Å². The Morgan fingerprint density at radius 1 is 0.963 bits per heavy atom. The lowest BCUT2D eigenvalue weighted by molar-refractivity contribution is -0.125. The van der Waals surface area contributed by atoms with Crippen LogP contribution in [0.5, 0.6) is 0 Å². The van der Waals surface area contributed by atoms with Crippen molar-refractivity contribution < 1.29 is 9.59 Å². The lowest BCUT2D eigenvalue weighted by Gasteiger charge is -2.28. The van der Waals surface area contributed by atoms with Crippen LogP contribution >= 0.6 is 0 Å². The van der Waals surface area contributed by atoms with Crippen molar-refractivity contribution >= 4 is 28.9 Å². The minimum atomic E-state index is -0.292. The maximum Gasteiger partial charge on any atom is 0.236 e. The number of nitrogens with one attached hydrogen (secondary N) is 1. The minimum absolute atomic E-state index is 0.170. The molecule has 2 aromatic carbocycles. The molecule has 1 N–H and O–H groups in total. The van der Waals surface area contributed by atoms with Crippen molar-refractivity contribution in [1.82, 2.24) is 0 Å². The van der Waals surface area contributed by atoms with Gasteiger partial charge in [0, 0.05) is 36.7 Å². The third-order valence-corrected chi connectivity index (χ3v) is 4.87. The molecule has 1 saturated heterocycles. The van der Waals surface area contributed by atoms with Gasteiger partial charge in [0.15, 0.2) is 0 Å². The number of carbonyl (C=O) groups is 2. The molecule has 3 rings (SSSR count). The molecule has 2 aromatic rings. The molecule has 1 fully saturated rings. The summed E-state index contributed by atoms with van der Waals surface area (Å²) < 4.78 is 0. The van der Waals surface area contributed by atoms with Crippen molar-refractivity contribution in [2.24, 2.45) is 0 Å². The predicted octanol–water partition coefficient (Wildman–Crippen LogP) is 4.06. The van der Waals surface area contributed by atoms with Gasteiger partial charge in [-0.1, -0.05) is 18.2 Å².